The van der Waals surface area contributed by atoms with Crippen LogP contribution in [-0.2, 0) is 41.4 Å². The number of pyridine rings is 1. The van der Waals surface area contributed by atoms with Gasteiger partial charge in [-0.1, -0.05) is 5.21 Å². The number of hydrogen-bond acceptors (Lipinski definition) is 18. The van der Waals surface area contributed by atoms with Gasteiger partial charge in [0.1, 0.15) is 23.4 Å². The van der Waals surface area contributed by atoms with Gasteiger partial charge in [-0.3, -0.25) is 9.78 Å². The van der Waals surface area contributed by atoms with Crippen molar-refractivity contribution >= 4 is 5.97 Å². The number of esters is 1. The summed E-state index contributed by atoms with van der Waals surface area (Å²) < 4.78 is 41.3. The summed E-state index contributed by atoms with van der Waals surface area (Å²) in [6.45, 7) is 3.91. The van der Waals surface area contributed by atoms with E-state index in [1.807, 2.05) is 0 Å². The number of nitrogens with one attached hydrogen (secondary N) is 1. The molecule has 9 N–H and O–H groups in total. The van der Waals surface area contributed by atoms with Crippen molar-refractivity contribution in [2.24, 2.45) is 5.73 Å². The second kappa shape index (κ2) is 19.6. The molecule has 2 aromatic heterocycles. The number of rotatable bonds is 21. The minimum atomic E-state index is -1.51. The van der Waals surface area contributed by atoms with Crippen LogP contribution >= 0.6 is 0 Å². The minimum Gasteiger partial charge on any atom is -0.508 e. The summed E-state index contributed by atoms with van der Waals surface area (Å²) in [7, 11) is 0. The van der Waals surface area contributed by atoms with Crippen LogP contribution < -0.4 is 16.0 Å². The van der Waals surface area contributed by atoms with Crippen LogP contribution in [-0.4, -0.2) is 129 Å². The van der Waals surface area contributed by atoms with Gasteiger partial charge < -0.3 is 69.5 Å². The molecule has 20 nitrogen and oxygen atoms in total. The lowest BCUT2D eigenvalue weighted by molar-refractivity contribution is -0.112. The van der Waals surface area contributed by atoms with Crippen molar-refractivity contribution in [2.45, 2.75) is 31.3 Å². The molecule has 298 valence electrons. The SMILES string of the molecule is NCCOCCOCCOCCOCCc1cn(CCOC2c3c(O)cc(O)cc3OC(c3cc(O)c(O)c(O)c3)C2OC(=O)c2cc(O)[nH]c(=O)c2)nn1. The maximum atomic E-state index is 13.4. The Morgan fingerprint density at radius 3 is 2.13 bits per heavy atom. The number of benzene rings is 2. The molecule has 3 atom stereocenters. The average molecular weight is 774 g/mol. The third kappa shape index (κ3) is 11.2. The molecular weight excluding hydrogens is 730 g/mol. The van der Waals surface area contributed by atoms with Gasteiger partial charge in [0.05, 0.1) is 82.8 Å². The summed E-state index contributed by atoms with van der Waals surface area (Å²) in [5, 5.41) is 70.0. The largest absolute Gasteiger partial charge is 0.508 e. The predicted molar refractivity (Wildman–Crippen MR) is 187 cm³/mol. The number of ether oxygens (including phenoxy) is 7. The first-order valence-corrected chi connectivity index (χ1v) is 17.2. The first kappa shape index (κ1) is 40.5. The van der Waals surface area contributed by atoms with Crippen molar-refractivity contribution in [3.8, 4) is 40.4 Å². The van der Waals surface area contributed by atoms with E-state index < -0.39 is 58.7 Å². The predicted octanol–water partition coefficient (Wildman–Crippen LogP) is 0.885. The van der Waals surface area contributed by atoms with E-state index in [1.165, 1.54) is 10.7 Å². The number of aromatic nitrogens is 4. The average Bonchev–Trinajstić information content (AvgIpc) is 3.59. The Morgan fingerprint density at radius 2 is 1.47 bits per heavy atom. The van der Waals surface area contributed by atoms with E-state index in [2.05, 4.69) is 15.3 Å². The number of nitrogens with two attached hydrogens (primary N) is 1. The fraction of sp³-hybridized carbons (Fsp3) is 0.429. The Balaban J connectivity index is 1.23. The third-order valence-corrected chi connectivity index (χ3v) is 8.05. The van der Waals surface area contributed by atoms with Gasteiger partial charge in [-0.25, -0.2) is 9.48 Å². The van der Waals surface area contributed by atoms with Crippen LogP contribution in [0.3, 0.4) is 0 Å². The van der Waals surface area contributed by atoms with Crippen LogP contribution in [0, 0.1) is 0 Å². The summed E-state index contributed by atoms with van der Waals surface area (Å²) in [5.41, 5.74) is 4.82. The summed E-state index contributed by atoms with van der Waals surface area (Å²) in [6.07, 6.45) is -2.11. The first-order valence-electron chi connectivity index (χ1n) is 17.2. The molecule has 55 heavy (non-hydrogen) atoms. The monoisotopic (exact) mass is 773 g/mol. The van der Waals surface area contributed by atoms with Gasteiger partial charge in [-0.2, -0.15) is 0 Å². The molecule has 20 heteroatoms. The molecule has 0 saturated carbocycles. The van der Waals surface area contributed by atoms with Gasteiger partial charge in [-0.15, -0.1) is 5.10 Å². The highest BCUT2D eigenvalue weighted by Crippen LogP contribution is 2.51. The Labute approximate surface area is 313 Å². The van der Waals surface area contributed by atoms with Crippen molar-refractivity contribution in [3.63, 3.8) is 0 Å². The van der Waals surface area contributed by atoms with Gasteiger partial charge >= 0.3 is 5.97 Å². The molecule has 1 aliphatic heterocycles. The maximum absolute atomic E-state index is 13.4. The molecule has 1 aliphatic rings. The highest BCUT2D eigenvalue weighted by atomic mass is 16.6. The van der Waals surface area contributed by atoms with Gasteiger partial charge in [0.2, 0.25) is 0 Å². The van der Waals surface area contributed by atoms with Crippen molar-refractivity contribution in [1.29, 1.82) is 0 Å². The Hall–Kier alpha value is -5.64. The number of fused-ring (bicyclic) bond motifs is 1. The number of carbonyl (C=O) groups is 1. The van der Waals surface area contributed by atoms with Crippen LogP contribution in [0.15, 0.2) is 47.4 Å². The van der Waals surface area contributed by atoms with Crippen LogP contribution in [0.1, 0.15) is 39.4 Å². The molecular formula is C35H43N5O15. The Bertz CT molecular complexity index is 1910. The van der Waals surface area contributed by atoms with Crippen LogP contribution in [0.4, 0.5) is 0 Å². The molecule has 0 saturated heterocycles. The minimum absolute atomic E-state index is 0.00889. The zero-order valence-electron chi connectivity index (χ0n) is 29.5. The molecule has 0 aliphatic carbocycles. The van der Waals surface area contributed by atoms with Gasteiger partial charge in [0.15, 0.2) is 35.3 Å². The molecule has 0 radical (unpaired) electrons. The van der Waals surface area contributed by atoms with Gasteiger partial charge in [0.25, 0.3) is 5.56 Å². The molecule has 0 spiro atoms. The number of nitrogens with zero attached hydrogens (tertiary/aromatic N) is 3. The Kier molecular flexibility index (Phi) is 14.5. The standard InChI is InChI=1S/C35H43N5O15/c36-2-5-50-8-10-52-12-11-51-9-7-49-4-1-22-19-40(39-38-22)3-6-53-33-30-24(42)17-23(41)18-27(30)54-32(20-13-25(43)31(47)26(44)14-20)34(33)55-35(48)21-15-28(45)37-29(46)16-21/h13-19,32-34,41-44,47H,1-12,36H2,(H2,37,45,46). The summed E-state index contributed by atoms with van der Waals surface area (Å²) >= 11 is 0. The summed E-state index contributed by atoms with van der Waals surface area (Å²) in [4.78, 5) is 27.5. The lowest BCUT2D eigenvalue weighted by Gasteiger charge is -2.39. The van der Waals surface area contributed by atoms with E-state index >= 15 is 0 Å². The molecule has 0 fully saturated rings. The quantitative estimate of drug-likeness (QED) is 0.0331. The molecule has 2 aromatic carbocycles. The maximum Gasteiger partial charge on any atom is 0.339 e. The number of aromatic amines is 1. The molecule has 4 aromatic rings. The molecule has 0 bridgehead atoms. The number of hydrogen-bond donors (Lipinski definition) is 8. The van der Waals surface area contributed by atoms with E-state index in [4.69, 9.17) is 38.9 Å². The van der Waals surface area contributed by atoms with Crippen LogP contribution in [0.2, 0.25) is 0 Å². The van der Waals surface area contributed by atoms with Gasteiger partial charge in [-0.05, 0) is 12.1 Å². The number of carbonyl (C=O) groups excluding carboxylic acids is 1. The van der Waals surface area contributed by atoms with Crippen LogP contribution in [0.25, 0.3) is 0 Å². The number of H-pyrrole nitrogens is 1. The lowest BCUT2D eigenvalue weighted by atomic mass is 9.90. The van der Waals surface area contributed by atoms with Gasteiger partial charge in [0, 0.05) is 49.0 Å². The van der Waals surface area contributed by atoms with E-state index in [1.54, 1.807) is 6.20 Å². The Morgan fingerprint density at radius 1 is 0.818 bits per heavy atom. The molecule has 3 unspecified atom stereocenters. The molecule has 3 heterocycles. The van der Waals surface area contributed by atoms with E-state index in [0.717, 1.165) is 30.3 Å². The van der Waals surface area contributed by atoms with Crippen molar-refractivity contribution in [2.75, 3.05) is 66.0 Å². The van der Waals surface area contributed by atoms with E-state index in [9.17, 15) is 40.2 Å². The lowest BCUT2D eigenvalue weighted by Crippen LogP contribution is -2.40. The fourth-order valence-electron chi connectivity index (χ4n) is 5.55. The highest BCUT2D eigenvalue weighted by molar-refractivity contribution is 5.89. The van der Waals surface area contributed by atoms with Crippen molar-refractivity contribution < 1.29 is 68.6 Å². The second-order valence-corrected chi connectivity index (χ2v) is 12.1. The summed E-state index contributed by atoms with van der Waals surface area (Å²) in [5.74, 6) is -4.93. The van der Waals surface area contributed by atoms with E-state index in [0.29, 0.717) is 71.5 Å². The normalized spacial score (nSPS) is 16.4. The summed E-state index contributed by atoms with van der Waals surface area (Å²) in [6, 6.07) is 6.17. The topological polar surface area (TPSA) is 293 Å². The zero-order chi connectivity index (χ0) is 39.3. The number of phenols is 5. The highest BCUT2D eigenvalue weighted by Gasteiger charge is 2.45. The third-order valence-electron chi connectivity index (χ3n) is 8.05. The molecule has 5 rings (SSSR count). The number of phenolic OH excluding ortho intramolecular Hbond substituents is 5. The van der Waals surface area contributed by atoms with Crippen molar-refractivity contribution in [1.82, 2.24) is 20.0 Å². The first-order chi connectivity index (χ1) is 26.5. The zero-order valence-corrected chi connectivity index (χ0v) is 29.5. The van der Waals surface area contributed by atoms with Crippen molar-refractivity contribution in [3.05, 3.63) is 75.3 Å². The number of aromatic hydroxyl groups is 6. The smallest absolute Gasteiger partial charge is 0.339 e. The fourth-order valence-corrected chi connectivity index (χ4v) is 5.55. The van der Waals surface area contributed by atoms with E-state index in [-0.39, 0.29) is 41.3 Å². The second-order valence-electron chi connectivity index (χ2n) is 12.1. The molecule has 0 amide bonds. The van der Waals surface area contributed by atoms with Crippen LogP contribution in [0.5, 0.6) is 40.4 Å².